The number of hydrogen-bond acceptors (Lipinski definition) is 2. The molecule has 0 fully saturated rings. The third-order valence-electron chi connectivity index (χ3n) is 3.78. The molecule has 0 amide bonds. The molecule has 0 saturated carbocycles. The molecule has 1 unspecified atom stereocenters. The fourth-order valence-corrected chi connectivity index (χ4v) is 2.91. The molecule has 2 heterocycles. The van der Waals surface area contributed by atoms with Crippen molar-refractivity contribution in [3.05, 3.63) is 54.1 Å². The lowest BCUT2D eigenvalue weighted by Crippen LogP contribution is -2.09. The van der Waals surface area contributed by atoms with Crippen LogP contribution < -0.4 is 0 Å². The number of benzene rings is 1. The molecule has 1 atom stereocenters. The zero-order valence-electron chi connectivity index (χ0n) is 10.2. The lowest BCUT2D eigenvalue weighted by atomic mass is 9.84. The van der Waals surface area contributed by atoms with Gasteiger partial charge in [0.1, 0.15) is 0 Å². The van der Waals surface area contributed by atoms with Crippen molar-refractivity contribution in [2.75, 3.05) is 0 Å². The van der Waals surface area contributed by atoms with Crippen LogP contribution in [0.1, 0.15) is 24.1 Å². The highest BCUT2D eigenvalue weighted by Gasteiger charge is 2.25. The second-order valence-electron chi connectivity index (χ2n) is 4.90. The van der Waals surface area contributed by atoms with Crippen LogP contribution >= 0.6 is 0 Å². The first-order valence-electron chi connectivity index (χ1n) is 6.25. The van der Waals surface area contributed by atoms with Gasteiger partial charge in [0.05, 0.1) is 17.6 Å². The van der Waals surface area contributed by atoms with Crippen molar-refractivity contribution in [2.24, 2.45) is 0 Å². The van der Waals surface area contributed by atoms with Gasteiger partial charge in [-0.3, -0.25) is 4.98 Å². The molecule has 3 nitrogen and oxygen atoms in total. The SMILES string of the molecule is CC1Cc2c(nc3cnccn23)-c2ccccc21. The van der Waals surface area contributed by atoms with E-state index in [1.165, 1.54) is 16.8 Å². The second-order valence-corrected chi connectivity index (χ2v) is 4.90. The Morgan fingerprint density at radius 1 is 1.28 bits per heavy atom. The predicted octanol–water partition coefficient (Wildman–Crippen LogP) is 3.06. The van der Waals surface area contributed by atoms with Gasteiger partial charge in [0, 0.05) is 18.0 Å². The van der Waals surface area contributed by atoms with Crippen LogP contribution in [-0.4, -0.2) is 14.4 Å². The summed E-state index contributed by atoms with van der Waals surface area (Å²) in [6, 6.07) is 8.58. The third-order valence-corrected chi connectivity index (χ3v) is 3.78. The van der Waals surface area contributed by atoms with Gasteiger partial charge >= 0.3 is 0 Å². The van der Waals surface area contributed by atoms with Gasteiger partial charge in [0.2, 0.25) is 0 Å². The summed E-state index contributed by atoms with van der Waals surface area (Å²) in [6.07, 6.45) is 6.69. The average Bonchev–Trinajstić information content (AvgIpc) is 2.78. The van der Waals surface area contributed by atoms with E-state index in [0.29, 0.717) is 5.92 Å². The van der Waals surface area contributed by atoms with Gasteiger partial charge < -0.3 is 4.40 Å². The fourth-order valence-electron chi connectivity index (χ4n) is 2.91. The monoisotopic (exact) mass is 235 g/mol. The van der Waals surface area contributed by atoms with Crippen LogP contribution in [0, 0.1) is 0 Å². The van der Waals surface area contributed by atoms with E-state index in [9.17, 15) is 0 Å². The van der Waals surface area contributed by atoms with E-state index in [-0.39, 0.29) is 0 Å². The molecule has 1 aliphatic carbocycles. The third kappa shape index (κ3) is 1.19. The van der Waals surface area contributed by atoms with Crippen LogP contribution in [-0.2, 0) is 6.42 Å². The largest absolute Gasteiger partial charge is 0.301 e. The standard InChI is InChI=1S/C15H13N3/c1-10-8-13-15(12-5-3-2-4-11(10)12)17-14-9-16-6-7-18(13)14/h2-7,9-10H,8H2,1H3. The molecule has 18 heavy (non-hydrogen) atoms. The van der Waals surface area contributed by atoms with Crippen LogP contribution in [0.4, 0.5) is 0 Å². The van der Waals surface area contributed by atoms with Gasteiger partial charge in [0.25, 0.3) is 0 Å². The van der Waals surface area contributed by atoms with Crippen molar-refractivity contribution in [3.8, 4) is 11.3 Å². The first kappa shape index (κ1) is 9.83. The van der Waals surface area contributed by atoms with E-state index >= 15 is 0 Å². The van der Waals surface area contributed by atoms with Crippen molar-refractivity contribution >= 4 is 5.65 Å². The van der Waals surface area contributed by atoms with E-state index in [1.54, 1.807) is 0 Å². The molecular weight excluding hydrogens is 222 g/mol. The highest BCUT2D eigenvalue weighted by molar-refractivity contribution is 5.72. The van der Waals surface area contributed by atoms with Crippen LogP contribution in [0.2, 0.25) is 0 Å². The van der Waals surface area contributed by atoms with Gasteiger partial charge in [-0.25, -0.2) is 4.98 Å². The summed E-state index contributed by atoms with van der Waals surface area (Å²) in [5.41, 5.74) is 6.04. The highest BCUT2D eigenvalue weighted by Crippen LogP contribution is 2.38. The molecule has 0 bridgehead atoms. The van der Waals surface area contributed by atoms with Crippen molar-refractivity contribution < 1.29 is 0 Å². The molecule has 0 spiro atoms. The Morgan fingerprint density at radius 3 is 3.11 bits per heavy atom. The Balaban J connectivity index is 2.10. The first-order valence-corrected chi connectivity index (χ1v) is 6.25. The van der Waals surface area contributed by atoms with Gasteiger partial charge in [0.15, 0.2) is 5.65 Å². The smallest absolute Gasteiger partial charge is 0.156 e. The number of imidazole rings is 1. The zero-order valence-corrected chi connectivity index (χ0v) is 10.2. The maximum Gasteiger partial charge on any atom is 0.156 e. The Kier molecular flexibility index (Phi) is 1.87. The lowest BCUT2D eigenvalue weighted by Gasteiger charge is -2.21. The van der Waals surface area contributed by atoms with Crippen LogP contribution in [0.25, 0.3) is 16.9 Å². The van der Waals surface area contributed by atoms with Crippen LogP contribution in [0.3, 0.4) is 0 Å². The first-order chi connectivity index (χ1) is 8.84. The maximum atomic E-state index is 4.73. The second kappa shape index (κ2) is 3.42. The van der Waals surface area contributed by atoms with E-state index in [1.807, 2.05) is 18.6 Å². The normalized spacial score (nSPS) is 17.5. The summed E-state index contributed by atoms with van der Waals surface area (Å²) in [6.45, 7) is 2.28. The minimum Gasteiger partial charge on any atom is -0.301 e. The van der Waals surface area contributed by atoms with E-state index in [4.69, 9.17) is 4.98 Å². The summed E-state index contributed by atoms with van der Waals surface area (Å²) < 4.78 is 2.16. The number of nitrogens with zero attached hydrogens (tertiary/aromatic N) is 3. The Bertz CT molecular complexity index is 742. The van der Waals surface area contributed by atoms with Gasteiger partial charge in [-0.2, -0.15) is 0 Å². The molecule has 3 aromatic rings. The molecule has 0 aliphatic heterocycles. The lowest BCUT2D eigenvalue weighted by molar-refractivity contribution is 0.724. The Morgan fingerprint density at radius 2 is 2.17 bits per heavy atom. The van der Waals surface area contributed by atoms with Gasteiger partial charge in [-0.1, -0.05) is 31.2 Å². The fraction of sp³-hybridized carbons (Fsp3) is 0.200. The van der Waals surface area contributed by atoms with E-state index in [2.05, 4.69) is 40.6 Å². The molecule has 1 aromatic carbocycles. The molecule has 4 rings (SSSR count). The molecule has 88 valence electrons. The predicted molar refractivity (Wildman–Crippen MR) is 70.5 cm³/mol. The Hall–Kier alpha value is -2.16. The van der Waals surface area contributed by atoms with Crippen molar-refractivity contribution in [1.29, 1.82) is 0 Å². The highest BCUT2D eigenvalue weighted by atomic mass is 15.0. The summed E-state index contributed by atoms with van der Waals surface area (Å²) >= 11 is 0. The van der Waals surface area contributed by atoms with Crippen molar-refractivity contribution in [1.82, 2.24) is 14.4 Å². The molecule has 0 saturated heterocycles. The molecule has 1 aliphatic rings. The average molecular weight is 235 g/mol. The van der Waals surface area contributed by atoms with Crippen LogP contribution in [0.5, 0.6) is 0 Å². The topological polar surface area (TPSA) is 30.2 Å². The van der Waals surface area contributed by atoms with E-state index < -0.39 is 0 Å². The van der Waals surface area contributed by atoms with Crippen molar-refractivity contribution in [2.45, 2.75) is 19.3 Å². The number of fused-ring (bicyclic) bond motifs is 5. The molecule has 0 radical (unpaired) electrons. The van der Waals surface area contributed by atoms with E-state index in [0.717, 1.165) is 17.8 Å². The number of hydrogen-bond donors (Lipinski definition) is 0. The van der Waals surface area contributed by atoms with Gasteiger partial charge in [-0.05, 0) is 17.9 Å². The van der Waals surface area contributed by atoms with Gasteiger partial charge in [-0.15, -0.1) is 0 Å². The molecule has 2 aromatic heterocycles. The quantitative estimate of drug-likeness (QED) is 0.599. The Labute approximate surface area is 105 Å². The zero-order chi connectivity index (χ0) is 12.1. The van der Waals surface area contributed by atoms with Crippen LogP contribution in [0.15, 0.2) is 42.9 Å². The number of aromatic nitrogens is 3. The number of rotatable bonds is 0. The molecule has 3 heteroatoms. The van der Waals surface area contributed by atoms with Crippen molar-refractivity contribution in [3.63, 3.8) is 0 Å². The summed E-state index contributed by atoms with van der Waals surface area (Å²) in [4.78, 5) is 8.88. The molecular formula is C15H13N3. The molecule has 0 N–H and O–H groups in total. The summed E-state index contributed by atoms with van der Waals surface area (Å²) in [5, 5.41) is 0. The maximum absolute atomic E-state index is 4.73. The summed E-state index contributed by atoms with van der Waals surface area (Å²) in [7, 11) is 0. The minimum atomic E-state index is 0.543. The summed E-state index contributed by atoms with van der Waals surface area (Å²) in [5.74, 6) is 0.543. The minimum absolute atomic E-state index is 0.543.